The average molecular weight is 318 g/mol. The largest absolute Gasteiger partial charge is 0.336 e. The molecule has 0 unspecified atom stereocenters. The monoisotopic (exact) mass is 317 g/mol. The van der Waals surface area contributed by atoms with Gasteiger partial charge in [0, 0.05) is 37.6 Å². The molecule has 0 aliphatic carbocycles. The first-order valence-electron chi connectivity index (χ1n) is 6.14. The summed E-state index contributed by atoms with van der Waals surface area (Å²) in [7, 11) is -3.67. The van der Waals surface area contributed by atoms with Crippen LogP contribution in [0, 0.1) is 0 Å². The van der Waals surface area contributed by atoms with Gasteiger partial charge in [0.25, 0.3) is 16.1 Å². The van der Waals surface area contributed by atoms with Crippen LogP contribution in [-0.2, 0) is 16.1 Å². The van der Waals surface area contributed by atoms with Gasteiger partial charge in [0.15, 0.2) is 0 Å². The van der Waals surface area contributed by atoms with Crippen molar-refractivity contribution in [3.63, 3.8) is 0 Å². The van der Waals surface area contributed by atoms with Gasteiger partial charge in [-0.2, -0.15) is 12.7 Å². The number of hydrogen-bond acceptors (Lipinski definition) is 3. The van der Waals surface area contributed by atoms with Crippen LogP contribution in [0.5, 0.6) is 0 Å². The van der Waals surface area contributed by atoms with E-state index in [0.717, 1.165) is 5.56 Å². The lowest BCUT2D eigenvalue weighted by Gasteiger charge is -2.33. The number of rotatable bonds is 3. The molecule has 1 amide bonds. The third-order valence-corrected chi connectivity index (χ3v) is 4.63. The molecule has 2 rings (SSSR count). The van der Waals surface area contributed by atoms with Crippen molar-refractivity contribution in [2.24, 2.45) is 5.14 Å². The highest BCUT2D eigenvalue weighted by Gasteiger charge is 2.26. The average Bonchev–Trinajstić information content (AvgIpc) is 2.46. The molecule has 0 aromatic heterocycles. The van der Waals surface area contributed by atoms with Crippen LogP contribution in [0.3, 0.4) is 0 Å². The number of nitrogens with two attached hydrogens (primary N) is 1. The topological polar surface area (TPSA) is 83.7 Å². The standard InChI is InChI=1S/C12H16ClN3O3S/c13-9-10-1-3-11(4-2-10)12(17)15-5-7-16(8-6-15)20(14,18)19/h1-4H,5-9H2,(H2,14,18,19). The van der Waals surface area contributed by atoms with Crippen molar-refractivity contribution in [1.29, 1.82) is 0 Å². The summed E-state index contributed by atoms with van der Waals surface area (Å²) in [5, 5.41) is 5.06. The van der Waals surface area contributed by atoms with Crippen LogP contribution >= 0.6 is 11.6 Å². The molecule has 2 N–H and O–H groups in total. The van der Waals surface area contributed by atoms with Crippen molar-refractivity contribution in [3.05, 3.63) is 35.4 Å². The maximum atomic E-state index is 12.2. The fourth-order valence-electron chi connectivity index (χ4n) is 2.06. The van der Waals surface area contributed by atoms with Crippen LogP contribution in [-0.4, -0.2) is 49.7 Å². The molecule has 8 heteroatoms. The van der Waals surface area contributed by atoms with Crippen molar-refractivity contribution in [1.82, 2.24) is 9.21 Å². The maximum absolute atomic E-state index is 12.2. The number of hydrogen-bond donors (Lipinski definition) is 1. The summed E-state index contributed by atoms with van der Waals surface area (Å²) in [6, 6.07) is 7.07. The Morgan fingerprint density at radius 2 is 1.70 bits per heavy atom. The van der Waals surface area contributed by atoms with Gasteiger partial charge >= 0.3 is 0 Å². The Morgan fingerprint density at radius 3 is 2.15 bits per heavy atom. The molecule has 0 bridgehead atoms. The summed E-state index contributed by atoms with van der Waals surface area (Å²) in [6.07, 6.45) is 0. The molecule has 1 aliphatic heterocycles. The minimum Gasteiger partial charge on any atom is -0.336 e. The van der Waals surface area contributed by atoms with Crippen LogP contribution in [0.25, 0.3) is 0 Å². The molecule has 0 saturated carbocycles. The van der Waals surface area contributed by atoms with E-state index in [2.05, 4.69) is 0 Å². The van der Waals surface area contributed by atoms with Crippen molar-refractivity contribution in [2.75, 3.05) is 26.2 Å². The SMILES string of the molecule is NS(=O)(=O)N1CCN(C(=O)c2ccc(CCl)cc2)CC1. The van der Waals surface area contributed by atoms with Gasteiger partial charge in [-0.1, -0.05) is 12.1 Å². The molecule has 1 saturated heterocycles. The Kier molecular flexibility index (Phi) is 4.64. The van der Waals surface area contributed by atoms with Crippen LogP contribution < -0.4 is 5.14 Å². The first kappa shape index (κ1) is 15.2. The zero-order valence-electron chi connectivity index (χ0n) is 10.8. The molecule has 0 spiro atoms. The normalized spacial score (nSPS) is 17.2. The number of carbonyl (C=O) groups excluding carboxylic acids is 1. The molecule has 110 valence electrons. The second kappa shape index (κ2) is 6.09. The fraction of sp³-hybridized carbons (Fsp3) is 0.417. The number of alkyl halides is 1. The predicted molar refractivity (Wildman–Crippen MR) is 76.6 cm³/mol. The van der Waals surface area contributed by atoms with E-state index in [4.69, 9.17) is 16.7 Å². The molecule has 0 radical (unpaired) electrons. The third-order valence-electron chi connectivity index (χ3n) is 3.24. The molecule has 0 atom stereocenters. The Labute approximate surface area is 123 Å². The highest BCUT2D eigenvalue weighted by Crippen LogP contribution is 2.12. The van der Waals surface area contributed by atoms with E-state index >= 15 is 0 Å². The number of piperazine rings is 1. The highest BCUT2D eigenvalue weighted by molar-refractivity contribution is 7.86. The van der Waals surface area contributed by atoms with E-state index in [1.165, 1.54) is 4.31 Å². The van der Waals surface area contributed by atoms with Gasteiger partial charge < -0.3 is 4.90 Å². The zero-order chi connectivity index (χ0) is 14.8. The molecular weight excluding hydrogens is 302 g/mol. The van der Waals surface area contributed by atoms with Gasteiger partial charge in [-0.05, 0) is 17.7 Å². The van der Waals surface area contributed by atoms with Gasteiger partial charge in [-0.15, -0.1) is 11.6 Å². The van der Waals surface area contributed by atoms with Crippen LogP contribution in [0.15, 0.2) is 24.3 Å². The van der Waals surface area contributed by atoms with Crippen molar-refractivity contribution in [3.8, 4) is 0 Å². The van der Waals surface area contributed by atoms with Crippen molar-refractivity contribution < 1.29 is 13.2 Å². The van der Waals surface area contributed by atoms with E-state index in [0.29, 0.717) is 24.5 Å². The highest BCUT2D eigenvalue weighted by atomic mass is 35.5. The second-order valence-corrected chi connectivity index (χ2v) is 6.38. The molecule has 6 nitrogen and oxygen atoms in total. The van der Waals surface area contributed by atoms with E-state index in [-0.39, 0.29) is 19.0 Å². The molecule has 20 heavy (non-hydrogen) atoms. The minimum atomic E-state index is -3.67. The van der Waals surface area contributed by atoms with Crippen LogP contribution in [0.2, 0.25) is 0 Å². The second-order valence-electron chi connectivity index (χ2n) is 4.57. The summed E-state index contributed by atoms with van der Waals surface area (Å²) >= 11 is 5.70. The number of amides is 1. The number of benzene rings is 1. The number of halogens is 1. The fourth-order valence-corrected chi connectivity index (χ4v) is 2.92. The summed E-state index contributed by atoms with van der Waals surface area (Å²) < 4.78 is 23.6. The maximum Gasteiger partial charge on any atom is 0.277 e. The smallest absolute Gasteiger partial charge is 0.277 e. The zero-order valence-corrected chi connectivity index (χ0v) is 12.4. The summed E-state index contributed by atoms with van der Waals surface area (Å²) in [6.45, 7) is 1.13. The van der Waals surface area contributed by atoms with Gasteiger partial charge in [-0.3, -0.25) is 4.79 Å². The molecular formula is C12H16ClN3O3S. The number of carbonyl (C=O) groups is 1. The number of nitrogens with zero attached hydrogens (tertiary/aromatic N) is 2. The van der Waals surface area contributed by atoms with Gasteiger partial charge in [-0.25, -0.2) is 5.14 Å². The third kappa shape index (κ3) is 3.49. The first-order valence-corrected chi connectivity index (χ1v) is 8.17. The molecule has 1 aliphatic rings. The Balaban J connectivity index is 2.01. The molecule has 1 heterocycles. The first-order chi connectivity index (χ1) is 9.41. The lowest BCUT2D eigenvalue weighted by molar-refractivity contribution is 0.0698. The molecule has 1 aromatic carbocycles. The lowest BCUT2D eigenvalue weighted by Crippen LogP contribution is -2.52. The summed E-state index contributed by atoms with van der Waals surface area (Å²) in [4.78, 5) is 13.9. The summed E-state index contributed by atoms with van der Waals surface area (Å²) in [5.41, 5.74) is 1.52. The predicted octanol–water partition coefficient (Wildman–Crippen LogP) is 0.387. The van der Waals surface area contributed by atoms with Crippen LogP contribution in [0.1, 0.15) is 15.9 Å². The van der Waals surface area contributed by atoms with E-state index < -0.39 is 10.2 Å². The van der Waals surface area contributed by atoms with E-state index in [1.54, 1.807) is 29.2 Å². The summed E-state index contributed by atoms with van der Waals surface area (Å²) in [5.74, 6) is 0.293. The van der Waals surface area contributed by atoms with Gasteiger partial charge in [0.05, 0.1) is 0 Å². The van der Waals surface area contributed by atoms with Crippen molar-refractivity contribution >= 4 is 27.7 Å². The Morgan fingerprint density at radius 1 is 1.15 bits per heavy atom. The Hall–Kier alpha value is -1.15. The van der Waals surface area contributed by atoms with Gasteiger partial charge in [0.1, 0.15) is 0 Å². The minimum absolute atomic E-state index is 0.111. The molecule has 1 fully saturated rings. The van der Waals surface area contributed by atoms with Crippen LogP contribution in [0.4, 0.5) is 0 Å². The van der Waals surface area contributed by atoms with E-state index in [9.17, 15) is 13.2 Å². The quantitative estimate of drug-likeness (QED) is 0.818. The van der Waals surface area contributed by atoms with Gasteiger partial charge in [0.2, 0.25) is 0 Å². The van der Waals surface area contributed by atoms with Crippen molar-refractivity contribution in [2.45, 2.75) is 5.88 Å². The Bertz CT molecular complexity index is 580. The lowest BCUT2D eigenvalue weighted by atomic mass is 10.1. The van der Waals surface area contributed by atoms with E-state index in [1.807, 2.05) is 0 Å². The molecule has 1 aromatic rings.